The van der Waals surface area contributed by atoms with E-state index in [1.54, 1.807) is 0 Å². The lowest BCUT2D eigenvalue weighted by Gasteiger charge is -2.21. The van der Waals surface area contributed by atoms with E-state index in [1.165, 1.54) is 12.5 Å². The number of hydrogen-bond acceptors (Lipinski definition) is 8. The first-order valence-corrected chi connectivity index (χ1v) is 15.4. The van der Waals surface area contributed by atoms with E-state index in [0.29, 0.717) is 19.0 Å². The van der Waals surface area contributed by atoms with E-state index in [2.05, 4.69) is 13.2 Å². The van der Waals surface area contributed by atoms with Crippen molar-refractivity contribution in [1.29, 1.82) is 0 Å². The van der Waals surface area contributed by atoms with E-state index in [4.69, 9.17) is 23.7 Å². The highest BCUT2D eigenvalue weighted by Crippen LogP contribution is 2.21. The van der Waals surface area contributed by atoms with Gasteiger partial charge in [-0.3, -0.25) is 4.79 Å². The van der Waals surface area contributed by atoms with Gasteiger partial charge in [-0.1, -0.05) is 56.0 Å². The van der Waals surface area contributed by atoms with Gasteiger partial charge in [0.25, 0.3) is 0 Å². The van der Waals surface area contributed by atoms with Crippen LogP contribution >= 0.6 is 0 Å². The standard InChI is InChI=1S/C36H44O8/c1-3-34(37)42-24-10-5-4-9-23-40-31-19-15-29(16-20-31)13-14-30-17-21-32(22-18-30)41-25-26-43-36(39)28(2)27-35(38)44-33-11-7-6-8-12-33/h3,13-22,33H,1-2,4-12,23-27H2/b14-13+. The van der Waals surface area contributed by atoms with Gasteiger partial charge >= 0.3 is 17.9 Å². The lowest BCUT2D eigenvalue weighted by atomic mass is 9.98. The van der Waals surface area contributed by atoms with Crippen molar-refractivity contribution in [3.8, 4) is 11.5 Å². The largest absolute Gasteiger partial charge is 0.494 e. The summed E-state index contributed by atoms with van der Waals surface area (Å²) in [5.41, 5.74) is 2.15. The number of esters is 3. The molecule has 0 spiro atoms. The molecule has 0 aromatic heterocycles. The Morgan fingerprint density at radius 3 is 1.86 bits per heavy atom. The smallest absolute Gasteiger partial charge is 0.334 e. The Morgan fingerprint density at radius 2 is 1.27 bits per heavy atom. The summed E-state index contributed by atoms with van der Waals surface area (Å²) in [6.07, 6.45) is 13.8. The molecular weight excluding hydrogens is 560 g/mol. The molecule has 0 amide bonds. The van der Waals surface area contributed by atoms with Crippen LogP contribution in [0.15, 0.2) is 73.3 Å². The highest BCUT2D eigenvalue weighted by Gasteiger charge is 2.20. The van der Waals surface area contributed by atoms with Crippen LogP contribution in [0.25, 0.3) is 12.2 Å². The Bertz CT molecular complexity index is 1220. The van der Waals surface area contributed by atoms with Crippen molar-refractivity contribution in [3.05, 3.63) is 84.5 Å². The summed E-state index contributed by atoms with van der Waals surface area (Å²) in [5.74, 6) is 0.0592. The third-order valence-electron chi connectivity index (χ3n) is 7.03. The molecule has 0 bridgehead atoms. The Hall–Kier alpha value is -4.33. The molecule has 236 valence electrons. The monoisotopic (exact) mass is 604 g/mol. The zero-order valence-corrected chi connectivity index (χ0v) is 25.5. The van der Waals surface area contributed by atoms with Crippen LogP contribution in [0.4, 0.5) is 0 Å². The van der Waals surface area contributed by atoms with E-state index in [1.807, 2.05) is 60.7 Å². The predicted molar refractivity (Wildman–Crippen MR) is 170 cm³/mol. The van der Waals surface area contributed by atoms with Gasteiger partial charge in [-0.15, -0.1) is 0 Å². The van der Waals surface area contributed by atoms with Crippen LogP contribution in [-0.2, 0) is 28.6 Å². The van der Waals surface area contributed by atoms with E-state index >= 15 is 0 Å². The molecule has 0 atom stereocenters. The Morgan fingerprint density at radius 1 is 0.705 bits per heavy atom. The maximum Gasteiger partial charge on any atom is 0.334 e. The fourth-order valence-corrected chi connectivity index (χ4v) is 4.58. The molecule has 1 aliphatic rings. The summed E-state index contributed by atoms with van der Waals surface area (Å²) in [6, 6.07) is 15.5. The summed E-state index contributed by atoms with van der Waals surface area (Å²) >= 11 is 0. The van der Waals surface area contributed by atoms with Crippen LogP contribution in [0.1, 0.15) is 75.3 Å². The van der Waals surface area contributed by atoms with Crippen molar-refractivity contribution in [2.75, 3.05) is 26.4 Å². The van der Waals surface area contributed by atoms with Gasteiger partial charge in [-0.25, -0.2) is 9.59 Å². The first-order valence-electron chi connectivity index (χ1n) is 15.4. The van der Waals surface area contributed by atoms with Gasteiger partial charge in [0.15, 0.2) is 0 Å². The van der Waals surface area contributed by atoms with Gasteiger partial charge in [-0.2, -0.15) is 0 Å². The molecule has 3 rings (SSSR count). The van der Waals surface area contributed by atoms with E-state index in [9.17, 15) is 14.4 Å². The topological polar surface area (TPSA) is 97.4 Å². The number of benzene rings is 2. The minimum absolute atomic E-state index is 0.0475. The number of carbonyl (C=O) groups is 3. The van der Waals surface area contributed by atoms with Crippen LogP contribution < -0.4 is 9.47 Å². The van der Waals surface area contributed by atoms with Gasteiger partial charge < -0.3 is 23.7 Å². The van der Waals surface area contributed by atoms with Crippen molar-refractivity contribution < 1.29 is 38.1 Å². The second kappa shape index (κ2) is 19.8. The van der Waals surface area contributed by atoms with E-state index in [0.717, 1.165) is 68.2 Å². The molecule has 1 saturated carbocycles. The predicted octanol–water partition coefficient (Wildman–Crippen LogP) is 7.27. The summed E-state index contributed by atoms with van der Waals surface area (Å²) in [6.45, 7) is 8.34. The molecule has 0 unspecified atom stereocenters. The van der Waals surface area contributed by atoms with Crippen LogP contribution in [0.3, 0.4) is 0 Å². The molecule has 0 heterocycles. The third-order valence-corrected chi connectivity index (χ3v) is 7.03. The van der Waals surface area contributed by atoms with Crippen molar-refractivity contribution >= 4 is 30.1 Å². The normalized spacial score (nSPS) is 13.2. The Balaban J connectivity index is 1.26. The van der Waals surface area contributed by atoms with Gasteiger partial charge in [0.2, 0.25) is 0 Å². The van der Waals surface area contributed by atoms with Crippen LogP contribution in [0.2, 0.25) is 0 Å². The minimum atomic E-state index is -0.619. The lowest BCUT2D eigenvalue weighted by Crippen LogP contribution is -2.22. The fourth-order valence-electron chi connectivity index (χ4n) is 4.58. The maximum atomic E-state index is 12.1. The highest BCUT2D eigenvalue weighted by atomic mass is 16.6. The van der Waals surface area contributed by atoms with Gasteiger partial charge in [0.1, 0.15) is 30.8 Å². The molecule has 0 aliphatic heterocycles. The third kappa shape index (κ3) is 13.8. The van der Waals surface area contributed by atoms with Crippen molar-refractivity contribution in [2.24, 2.45) is 0 Å². The maximum absolute atomic E-state index is 12.1. The van der Waals surface area contributed by atoms with Gasteiger partial charge in [-0.05, 0) is 86.8 Å². The first kappa shape index (κ1) is 34.2. The average Bonchev–Trinajstić information content (AvgIpc) is 3.04. The summed E-state index contributed by atoms with van der Waals surface area (Å²) < 4.78 is 27.1. The van der Waals surface area contributed by atoms with Gasteiger partial charge in [0, 0.05) is 11.6 Å². The van der Waals surface area contributed by atoms with Crippen molar-refractivity contribution in [1.82, 2.24) is 0 Å². The quantitative estimate of drug-likeness (QED) is 0.0543. The number of carbonyl (C=O) groups excluding carboxylic acids is 3. The van der Waals surface area contributed by atoms with Crippen LogP contribution in [0.5, 0.6) is 11.5 Å². The zero-order chi connectivity index (χ0) is 31.4. The second-order valence-electron chi connectivity index (χ2n) is 10.6. The molecule has 2 aromatic carbocycles. The summed E-state index contributed by atoms with van der Waals surface area (Å²) in [5, 5.41) is 0. The van der Waals surface area contributed by atoms with Crippen LogP contribution in [-0.4, -0.2) is 50.4 Å². The molecule has 2 aromatic rings. The first-order chi connectivity index (χ1) is 21.4. The molecule has 0 saturated heterocycles. The summed E-state index contributed by atoms with van der Waals surface area (Å²) in [7, 11) is 0. The van der Waals surface area contributed by atoms with Gasteiger partial charge in [0.05, 0.1) is 19.6 Å². The second-order valence-corrected chi connectivity index (χ2v) is 10.6. The lowest BCUT2D eigenvalue weighted by molar-refractivity contribution is -0.151. The van der Waals surface area contributed by atoms with Crippen molar-refractivity contribution in [2.45, 2.75) is 70.3 Å². The molecule has 44 heavy (non-hydrogen) atoms. The molecule has 0 N–H and O–H groups in total. The summed E-state index contributed by atoms with van der Waals surface area (Å²) in [4.78, 5) is 35.2. The minimum Gasteiger partial charge on any atom is -0.494 e. The van der Waals surface area contributed by atoms with E-state index in [-0.39, 0.29) is 37.3 Å². The van der Waals surface area contributed by atoms with Crippen LogP contribution in [0, 0.1) is 0 Å². The molecule has 8 heteroatoms. The number of hydrogen-bond donors (Lipinski definition) is 0. The molecule has 8 nitrogen and oxygen atoms in total. The molecule has 0 radical (unpaired) electrons. The molecule has 1 fully saturated rings. The van der Waals surface area contributed by atoms with Crippen molar-refractivity contribution in [3.63, 3.8) is 0 Å². The average molecular weight is 605 g/mol. The molecule has 1 aliphatic carbocycles. The Labute approximate surface area is 260 Å². The zero-order valence-electron chi connectivity index (χ0n) is 25.5. The Kier molecular flexibility index (Phi) is 15.4. The molecular formula is C36H44O8. The van der Waals surface area contributed by atoms with E-state index < -0.39 is 11.9 Å². The number of rotatable bonds is 19. The fraction of sp³-hybridized carbons (Fsp3) is 0.417. The highest BCUT2D eigenvalue weighted by molar-refractivity contribution is 5.93. The SMILES string of the molecule is C=CC(=O)OCCCCCCOc1ccc(/C=C/c2ccc(OCCOC(=O)C(=C)CC(=O)OC3CCCCC3)cc2)cc1. The number of ether oxygens (including phenoxy) is 5. The number of unbranched alkanes of at least 4 members (excludes halogenated alkanes) is 3.